The number of ether oxygens (including phenoxy) is 1. The first-order valence-electron chi connectivity index (χ1n) is 8.97. The van der Waals surface area contributed by atoms with E-state index in [1.54, 1.807) is 17.0 Å². The van der Waals surface area contributed by atoms with E-state index in [-0.39, 0.29) is 41.7 Å². The van der Waals surface area contributed by atoms with E-state index in [9.17, 15) is 18.0 Å². The lowest BCUT2D eigenvalue weighted by Gasteiger charge is -2.38. The fraction of sp³-hybridized carbons (Fsp3) is 0.579. The molecule has 6 nitrogen and oxygen atoms in total. The molecule has 0 spiro atoms. The van der Waals surface area contributed by atoms with Crippen LogP contribution in [-0.4, -0.2) is 49.6 Å². The minimum absolute atomic E-state index is 0.131. The van der Waals surface area contributed by atoms with Gasteiger partial charge in [-0.05, 0) is 52.2 Å². The predicted octanol–water partition coefficient (Wildman–Crippen LogP) is 2.49. The fourth-order valence-electron chi connectivity index (χ4n) is 3.28. The van der Waals surface area contributed by atoms with Crippen molar-refractivity contribution in [1.29, 1.82) is 0 Å². The van der Waals surface area contributed by atoms with Gasteiger partial charge in [0.1, 0.15) is 0 Å². The van der Waals surface area contributed by atoms with Crippen LogP contribution in [0.4, 0.5) is 0 Å². The van der Waals surface area contributed by atoms with Gasteiger partial charge in [-0.2, -0.15) is 0 Å². The summed E-state index contributed by atoms with van der Waals surface area (Å²) in [6, 6.07) is 6.74. The average molecular weight is 381 g/mol. The molecule has 1 aliphatic heterocycles. The van der Waals surface area contributed by atoms with E-state index in [0.717, 1.165) is 24.8 Å². The molecule has 0 N–H and O–H groups in total. The number of amides is 1. The Bertz CT molecular complexity index is 732. The van der Waals surface area contributed by atoms with Crippen LogP contribution in [0.5, 0.6) is 0 Å². The normalized spacial score (nSPS) is 20.7. The second-order valence-electron chi connectivity index (χ2n) is 6.97. The maximum Gasteiger partial charge on any atom is 0.307 e. The van der Waals surface area contributed by atoms with Crippen molar-refractivity contribution in [3.63, 3.8) is 0 Å². The SMILES string of the molecule is Cc1ccc(S(=O)(=O)CCC(=O)OCC(=O)N2C(C)CCCC2C)cc1. The van der Waals surface area contributed by atoms with Crippen LogP contribution >= 0.6 is 0 Å². The van der Waals surface area contributed by atoms with Gasteiger partial charge in [-0.15, -0.1) is 0 Å². The first kappa shape index (κ1) is 20.4. The minimum Gasteiger partial charge on any atom is -0.456 e. The molecular weight excluding hydrogens is 354 g/mol. The molecule has 1 aromatic rings. The number of nitrogens with zero attached hydrogens (tertiary/aromatic N) is 1. The lowest BCUT2D eigenvalue weighted by atomic mass is 9.97. The maximum absolute atomic E-state index is 12.3. The van der Waals surface area contributed by atoms with Gasteiger partial charge < -0.3 is 9.64 Å². The minimum atomic E-state index is -3.54. The van der Waals surface area contributed by atoms with Gasteiger partial charge in [-0.3, -0.25) is 9.59 Å². The molecular formula is C19H27NO5S. The number of rotatable bonds is 6. The Morgan fingerprint density at radius 1 is 1.12 bits per heavy atom. The summed E-state index contributed by atoms with van der Waals surface area (Å²) in [7, 11) is -3.54. The second kappa shape index (κ2) is 8.66. The van der Waals surface area contributed by atoms with Crippen LogP contribution in [0, 0.1) is 6.92 Å². The second-order valence-corrected chi connectivity index (χ2v) is 9.08. The van der Waals surface area contributed by atoms with Gasteiger partial charge in [0.25, 0.3) is 5.91 Å². The molecule has 26 heavy (non-hydrogen) atoms. The highest BCUT2D eigenvalue weighted by Crippen LogP contribution is 2.22. The number of hydrogen-bond donors (Lipinski definition) is 0. The smallest absolute Gasteiger partial charge is 0.307 e. The van der Waals surface area contributed by atoms with Crippen LogP contribution in [0.15, 0.2) is 29.2 Å². The molecule has 1 saturated heterocycles. The Balaban J connectivity index is 1.83. The van der Waals surface area contributed by atoms with Gasteiger partial charge in [-0.25, -0.2) is 8.42 Å². The van der Waals surface area contributed by atoms with Gasteiger partial charge in [0.15, 0.2) is 16.4 Å². The summed E-state index contributed by atoms with van der Waals surface area (Å²) in [6.07, 6.45) is 2.70. The summed E-state index contributed by atoms with van der Waals surface area (Å²) < 4.78 is 29.5. The summed E-state index contributed by atoms with van der Waals surface area (Å²) in [5, 5.41) is 0. The molecule has 0 saturated carbocycles. The number of likely N-dealkylation sites (tertiary alicyclic amines) is 1. The third-order valence-electron chi connectivity index (χ3n) is 4.79. The van der Waals surface area contributed by atoms with Gasteiger partial charge in [0, 0.05) is 12.1 Å². The number of aryl methyl sites for hydroxylation is 1. The third kappa shape index (κ3) is 5.30. The van der Waals surface area contributed by atoms with E-state index in [2.05, 4.69) is 0 Å². The lowest BCUT2D eigenvalue weighted by molar-refractivity contribution is -0.154. The Kier molecular flexibility index (Phi) is 6.81. The summed E-state index contributed by atoms with van der Waals surface area (Å²) in [6.45, 7) is 5.51. The van der Waals surface area contributed by atoms with Crippen molar-refractivity contribution in [2.24, 2.45) is 0 Å². The zero-order chi connectivity index (χ0) is 19.3. The van der Waals surface area contributed by atoms with Crippen molar-refractivity contribution in [3.05, 3.63) is 29.8 Å². The molecule has 144 valence electrons. The number of sulfone groups is 1. The first-order valence-corrected chi connectivity index (χ1v) is 10.6. The molecule has 2 unspecified atom stereocenters. The quantitative estimate of drug-likeness (QED) is 0.707. The summed E-state index contributed by atoms with van der Waals surface area (Å²) in [5.74, 6) is -1.23. The molecule has 2 rings (SSSR count). The molecule has 1 aromatic carbocycles. The number of hydrogen-bond acceptors (Lipinski definition) is 5. The van der Waals surface area contributed by atoms with Crippen LogP contribution < -0.4 is 0 Å². The standard InChI is InChI=1S/C19H27NO5S/c1-14-7-9-17(10-8-14)26(23,24)12-11-19(22)25-13-18(21)20-15(2)5-4-6-16(20)3/h7-10,15-16H,4-6,11-13H2,1-3H3. The highest BCUT2D eigenvalue weighted by molar-refractivity contribution is 7.91. The fourth-order valence-corrected chi connectivity index (χ4v) is 4.50. The molecule has 0 radical (unpaired) electrons. The zero-order valence-corrected chi connectivity index (χ0v) is 16.4. The monoisotopic (exact) mass is 381 g/mol. The van der Waals surface area contributed by atoms with E-state index in [0.29, 0.717) is 0 Å². The summed E-state index contributed by atoms with van der Waals surface area (Å²) in [5.41, 5.74) is 0.961. The zero-order valence-electron chi connectivity index (χ0n) is 15.6. The van der Waals surface area contributed by atoms with Gasteiger partial charge in [-0.1, -0.05) is 17.7 Å². The van der Waals surface area contributed by atoms with Crippen molar-refractivity contribution in [2.45, 2.75) is 63.4 Å². The van der Waals surface area contributed by atoms with Gasteiger partial charge >= 0.3 is 5.97 Å². The van der Waals surface area contributed by atoms with E-state index < -0.39 is 15.8 Å². The Hall–Kier alpha value is -1.89. The molecule has 2 atom stereocenters. The Morgan fingerprint density at radius 2 is 1.69 bits per heavy atom. The molecule has 0 aliphatic carbocycles. The number of carbonyl (C=O) groups is 2. The summed E-state index contributed by atoms with van der Waals surface area (Å²) in [4.78, 5) is 26.1. The molecule has 1 amide bonds. The third-order valence-corrected chi connectivity index (χ3v) is 6.53. The van der Waals surface area contributed by atoms with Crippen molar-refractivity contribution in [3.8, 4) is 0 Å². The van der Waals surface area contributed by atoms with Gasteiger partial charge in [0.2, 0.25) is 0 Å². The molecule has 1 fully saturated rings. The van der Waals surface area contributed by atoms with Crippen LogP contribution in [-0.2, 0) is 24.2 Å². The number of esters is 1. The van der Waals surface area contributed by atoms with Crippen LogP contribution in [0.3, 0.4) is 0 Å². The van der Waals surface area contributed by atoms with E-state index in [1.165, 1.54) is 12.1 Å². The Morgan fingerprint density at radius 3 is 2.27 bits per heavy atom. The highest BCUT2D eigenvalue weighted by Gasteiger charge is 2.29. The average Bonchev–Trinajstić information content (AvgIpc) is 2.58. The summed E-state index contributed by atoms with van der Waals surface area (Å²) >= 11 is 0. The van der Waals surface area contributed by atoms with Crippen LogP contribution in [0.2, 0.25) is 0 Å². The maximum atomic E-state index is 12.3. The van der Waals surface area contributed by atoms with E-state index in [4.69, 9.17) is 4.74 Å². The van der Waals surface area contributed by atoms with Crippen molar-refractivity contribution >= 4 is 21.7 Å². The van der Waals surface area contributed by atoms with E-state index >= 15 is 0 Å². The number of benzene rings is 1. The lowest BCUT2D eigenvalue weighted by Crippen LogP contribution is -2.49. The van der Waals surface area contributed by atoms with Crippen molar-refractivity contribution in [1.82, 2.24) is 4.90 Å². The van der Waals surface area contributed by atoms with E-state index in [1.807, 2.05) is 20.8 Å². The molecule has 1 heterocycles. The van der Waals surface area contributed by atoms with Gasteiger partial charge in [0.05, 0.1) is 17.1 Å². The molecule has 1 aliphatic rings. The largest absolute Gasteiger partial charge is 0.456 e. The van der Waals surface area contributed by atoms with Crippen LogP contribution in [0.1, 0.15) is 45.1 Å². The number of carbonyl (C=O) groups excluding carboxylic acids is 2. The molecule has 7 heteroatoms. The predicted molar refractivity (Wildman–Crippen MR) is 98.4 cm³/mol. The Labute approximate surface area is 155 Å². The first-order chi connectivity index (χ1) is 12.2. The number of piperidine rings is 1. The van der Waals surface area contributed by atoms with Crippen molar-refractivity contribution < 1.29 is 22.7 Å². The van der Waals surface area contributed by atoms with Crippen molar-refractivity contribution in [2.75, 3.05) is 12.4 Å². The molecule has 0 bridgehead atoms. The highest BCUT2D eigenvalue weighted by atomic mass is 32.2. The van der Waals surface area contributed by atoms with Crippen LogP contribution in [0.25, 0.3) is 0 Å². The molecule has 0 aromatic heterocycles. The topological polar surface area (TPSA) is 80.7 Å².